The van der Waals surface area contributed by atoms with E-state index in [2.05, 4.69) is 5.32 Å². The highest BCUT2D eigenvalue weighted by atomic mass is 32.2. The highest BCUT2D eigenvalue weighted by Gasteiger charge is 2.19. The first-order valence-electron chi connectivity index (χ1n) is 7.57. The van der Waals surface area contributed by atoms with E-state index in [1.807, 2.05) is 13.0 Å². The van der Waals surface area contributed by atoms with E-state index >= 15 is 0 Å². The van der Waals surface area contributed by atoms with Crippen LogP contribution in [0.4, 0.5) is 8.78 Å². The van der Waals surface area contributed by atoms with Crippen molar-refractivity contribution in [2.45, 2.75) is 35.5 Å². The van der Waals surface area contributed by atoms with Crippen molar-refractivity contribution >= 4 is 11.8 Å². The summed E-state index contributed by atoms with van der Waals surface area (Å²) in [7, 11) is 0. The molecule has 1 aliphatic heterocycles. The molecule has 1 heterocycles. The molecule has 0 radical (unpaired) electrons. The number of nitrogens with one attached hydrogen (secondary N) is 1. The summed E-state index contributed by atoms with van der Waals surface area (Å²) >= 11 is 1.53. The van der Waals surface area contributed by atoms with Crippen molar-refractivity contribution in [2.75, 3.05) is 13.1 Å². The predicted molar refractivity (Wildman–Crippen MR) is 86.5 cm³/mol. The fourth-order valence-electron chi connectivity index (χ4n) is 2.91. The quantitative estimate of drug-likeness (QED) is 0.864. The number of hydrogen-bond acceptors (Lipinski definition) is 2. The van der Waals surface area contributed by atoms with Gasteiger partial charge in [-0.3, -0.25) is 0 Å². The molecule has 0 spiro atoms. The first-order valence-corrected chi connectivity index (χ1v) is 8.39. The summed E-state index contributed by atoms with van der Waals surface area (Å²) in [5.41, 5.74) is 2.09. The van der Waals surface area contributed by atoms with Crippen molar-refractivity contribution in [2.24, 2.45) is 0 Å². The van der Waals surface area contributed by atoms with Crippen LogP contribution in [0.1, 0.15) is 29.9 Å². The number of rotatable bonds is 3. The topological polar surface area (TPSA) is 12.0 Å². The molecule has 1 aliphatic rings. The van der Waals surface area contributed by atoms with Crippen LogP contribution in [0.5, 0.6) is 0 Å². The predicted octanol–water partition coefficient (Wildman–Crippen LogP) is 4.89. The Bertz CT molecular complexity index is 666. The van der Waals surface area contributed by atoms with Gasteiger partial charge < -0.3 is 5.32 Å². The van der Waals surface area contributed by atoms with E-state index in [1.165, 1.54) is 29.5 Å². The Labute approximate surface area is 134 Å². The molecule has 1 N–H and O–H groups in total. The van der Waals surface area contributed by atoms with Crippen LogP contribution in [-0.2, 0) is 0 Å². The minimum atomic E-state index is -0.236. The number of halogens is 2. The van der Waals surface area contributed by atoms with Gasteiger partial charge in [0.25, 0.3) is 0 Å². The van der Waals surface area contributed by atoms with Gasteiger partial charge in [-0.2, -0.15) is 0 Å². The van der Waals surface area contributed by atoms with Gasteiger partial charge in [0.15, 0.2) is 0 Å². The van der Waals surface area contributed by atoms with Gasteiger partial charge in [-0.05, 0) is 80.2 Å². The van der Waals surface area contributed by atoms with Crippen molar-refractivity contribution in [1.29, 1.82) is 0 Å². The van der Waals surface area contributed by atoms with E-state index in [-0.39, 0.29) is 11.6 Å². The van der Waals surface area contributed by atoms with Gasteiger partial charge in [0.2, 0.25) is 0 Å². The van der Waals surface area contributed by atoms with Crippen LogP contribution in [0.25, 0.3) is 0 Å². The maximum Gasteiger partial charge on any atom is 0.124 e. The summed E-state index contributed by atoms with van der Waals surface area (Å²) < 4.78 is 26.9. The van der Waals surface area contributed by atoms with E-state index in [0.717, 1.165) is 41.3 Å². The Morgan fingerprint density at radius 2 is 1.64 bits per heavy atom. The molecule has 116 valence electrons. The zero-order valence-electron chi connectivity index (χ0n) is 12.5. The average Bonchev–Trinajstić information content (AvgIpc) is 2.51. The molecule has 0 aromatic heterocycles. The molecule has 0 amide bonds. The van der Waals surface area contributed by atoms with Crippen LogP contribution >= 0.6 is 11.8 Å². The Hall–Kier alpha value is -1.39. The molecular weight excluding hydrogens is 300 g/mol. The summed E-state index contributed by atoms with van der Waals surface area (Å²) in [6.45, 7) is 3.89. The number of benzene rings is 2. The van der Waals surface area contributed by atoms with E-state index < -0.39 is 0 Å². The monoisotopic (exact) mass is 319 g/mol. The summed E-state index contributed by atoms with van der Waals surface area (Å²) in [5.74, 6) is 0.00437. The highest BCUT2D eigenvalue weighted by Crippen LogP contribution is 2.38. The molecule has 2 aromatic carbocycles. The summed E-state index contributed by atoms with van der Waals surface area (Å²) in [6.07, 6.45) is 2.14. The Kier molecular flexibility index (Phi) is 4.79. The molecule has 2 aromatic rings. The maximum absolute atomic E-state index is 13.7. The first kappa shape index (κ1) is 15.5. The minimum Gasteiger partial charge on any atom is -0.317 e. The lowest BCUT2D eigenvalue weighted by Gasteiger charge is -2.25. The third kappa shape index (κ3) is 3.50. The molecule has 0 atom stereocenters. The lowest BCUT2D eigenvalue weighted by atomic mass is 9.90. The van der Waals surface area contributed by atoms with Gasteiger partial charge in [0, 0.05) is 9.79 Å². The van der Waals surface area contributed by atoms with E-state index in [4.69, 9.17) is 0 Å². The number of hydrogen-bond donors (Lipinski definition) is 1. The zero-order chi connectivity index (χ0) is 15.5. The molecule has 0 bridgehead atoms. The molecular formula is C18H19F2NS. The first-order chi connectivity index (χ1) is 10.6. The van der Waals surface area contributed by atoms with E-state index in [1.54, 1.807) is 18.2 Å². The lowest BCUT2D eigenvalue weighted by molar-refractivity contribution is 0.455. The van der Waals surface area contributed by atoms with Gasteiger partial charge in [0.05, 0.1) is 0 Å². The van der Waals surface area contributed by atoms with Crippen LogP contribution in [-0.4, -0.2) is 13.1 Å². The second-order valence-electron chi connectivity index (χ2n) is 5.72. The summed E-state index contributed by atoms with van der Waals surface area (Å²) in [6, 6.07) is 9.80. The van der Waals surface area contributed by atoms with Crippen molar-refractivity contribution in [3.8, 4) is 0 Å². The third-order valence-corrected chi connectivity index (χ3v) is 5.36. The van der Waals surface area contributed by atoms with Gasteiger partial charge in [-0.1, -0.05) is 17.8 Å². The molecule has 4 heteroatoms. The second kappa shape index (κ2) is 6.80. The van der Waals surface area contributed by atoms with Crippen molar-refractivity contribution in [3.63, 3.8) is 0 Å². The van der Waals surface area contributed by atoms with Crippen LogP contribution in [0.3, 0.4) is 0 Å². The molecule has 0 saturated carbocycles. The number of piperidine rings is 1. The third-order valence-electron chi connectivity index (χ3n) is 4.11. The molecule has 22 heavy (non-hydrogen) atoms. The molecule has 1 saturated heterocycles. The molecule has 1 fully saturated rings. The van der Waals surface area contributed by atoms with Crippen LogP contribution in [0, 0.1) is 18.6 Å². The minimum absolute atomic E-state index is 0.222. The van der Waals surface area contributed by atoms with Crippen molar-refractivity contribution in [1.82, 2.24) is 5.32 Å². The summed E-state index contributed by atoms with van der Waals surface area (Å²) in [5, 5.41) is 3.36. The van der Waals surface area contributed by atoms with E-state index in [9.17, 15) is 8.78 Å². The SMILES string of the molecule is Cc1cc(F)ccc1Sc1cc(F)ccc1C1CCNCC1. The van der Waals surface area contributed by atoms with Gasteiger partial charge in [-0.15, -0.1) is 0 Å². The van der Waals surface area contributed by atoms with Crippen molar-refractivity contribution in [3.05, 3.63) is 59.2 Å². The van der Waals surface area contributed by atoms with Crippen LogP contribution in [0.2, 0.25) is 0 Å². The molecule has 1 nitrogen and oxygen atoms in total. The Morgan fingerprint density at radius 3 is 2.36 bits per heavy atom. The molecule has 3 rings (SSSR count). The summed E-state index contributed by atoms with van der Waals surface area (Å²) in [4.78, 5) is 1.92. The van der Waals surface area contributed by atoms with Gasteiger partial charge in [-0.25, -0.2) is 8.78 Å². The fourth-order valence-corrected chi connectivity index (χ4v) is 4.03. The standard InChI is InChI=1S/C18H19F2NS/c1-12-10-14(19)3-5-17(12)22-18-11-15(20)2-4-16(18)13-6-8-21-9-7-13/h2-5,10-11,13,21H,6-9H2,1H3. The molecule has 0 aliphatic carbocycles. The van der Waals surface area contributed by atoms with Crippen molar-refractivity contribution < 1.29 is 8.78 Å². The highest BCUT2D eigenvalue weighted by molar-refractivity contribution is 7.99. The van der Waals surface area contributed by atoms with E-state index in [0.29, 0.717) is 5.92 Å². The molecule has 0 unspecified atom stereocenters. The van der Waals surface area contributed by atoms with Crippen LogP contribution in [0.15, 0.2) is 46.2 Å². The fraction of sp³-hybridized carbons (Fsp3) is 0.333. The van der Waals surface area contributed by atoms with Crippen LogP contribution < -0.4 is 5.32 Å². The smallest absolute Gasteiger partial charge is 0.124 e. The number of aryl methyl sites for hydroxylation is 1. The van der Waals surface area contributed by atoms with Gasteiger partial charge in [0.1, 0.15) is 11.6 Å². The lowest BCUT2D eigenvalue weighted by Crippen LogP contribution is -2.26. The Morgan fingerprint density at radius 1 is 0.955 bits per heavy atom. The Balaban J connectivity index is 1.92. The average molecular weight is 319 g/mol. The maximum atomic E-state index is 13.7. The second-order valence-corrected chi connectivity index (χ2v) is 6.80. The zero-order valence-corrected chi connectivity index (χ0v) is 13.4. The normalized spacial score (nSPS) is 16.0. The van der Waals surface area contributed by atoms with Gasteiger partial charge >= 0.3 is 0 Å². The largest absolute Gasteiger partial charge is 0.317 e.